The molecule has 1 aliphatic heterocycles. The minimum absolute atomic E-state index is 0.0463. The SMILES string of the molecule is C[C@H](Nc1nc(N)nc2c1CCNCC2)c1ccccc1-n1cccn1. The zero-order chi connectivity index (χ0) is 17.9. The van der Waals surface area contributed by atoms with Crippen molar-refractivity contribution in [1.29, 1.82) is 0 Å². The number of nitrogen functional groups attached to an aromatic ring is 1. The van der Waals surface area contributed by atoms with Gasteiger partial charge in [0.2, 0.25) is 5.95 Å². The monoisotopic (exact) mass is 349 g/mol. The van der Waals surface area contributed by atoms with Crippen molar-refractivity contribution in [2.24, 2.45) is 0 Å². The van der Waals surface area contributed by atoms with Crippen molar-refractivity contribution in [2.75, 3.05) is 24.1 Å². The molecule has 4 rings (SSSR count). The summed E-state index contributed by atoms with van der Waals surface area (Å²) in [4.78, 5) is 8.94. The Hall–Kier alpha value is -2.93. The van der Waals surface area contributed by atoms with E-state index in [9.17, 15) is 0 Å². The summed E-state index contributed by atoms with van der Waals surface area (Å²) in [5, 5.41) is 11.3. The van der Waals surface area contributed by atoms with E-state index in [1.807, 2.05) is 29.1 Å². The summed E-state index contributed by atoms with van der Waals surface area (Å²) < 4.78 is 1.88. The lowest BCUT2D eigenvalue weighted by atomic mass is 10.0. The molecule has 0 saturated carbocycles. The van der Waals surface area contributed by atoms with Crippen LogP contribution in [0.1, 0.15) is 29.8 Å². The van der Waals surface area contributed by atoms with Gasteiger partial charge in [-0.15, -0.1) is 0 Å². The van der Waals surface area contributed by atoms with E-state index in [1.54, 1.807) is 6.20 Å². The molecule has 1 atom stereocenters. The van der Waals surface area contributed by atoms with Gasteiger partial charge >= 0.3 is 0 Å². The highest BCUT2D eigenvalue weighted by Gasteiger charge is 2.19. The minimum atomic E-state index is 0.0463. The molecule has 0 radical (unpaired) electrons. The van der Waals surface area contributed by atoms with Crippen molar-refractivity contribution in [1.82, 2.24) is 25.1 Å². The lowest BCUT2D eigenvalue weighted by Crippen LogP contribution is -2.17. The molecule has 0 aliphatic carbocycles. The standard InChI is InChI=1S/C19H23N7/c1-13(14-5-2-3-6-17(14)26-12-4-9-22-26)23-18-15-7-10-21-11-8-16(15)24-19(20)25-18/h2-6,9,12-13,21H,7-8,10-11H2,1H3,(H3,20,23,24,25)/t13-/m0/s1. The van der Waals surface area contributed by atoms with Crippen LogP contribution in [0, 0.1) is 0 Å². The maximum absolute atomic E-state index is 5.96. The molecule has 4 N–H and O–H groups in total. The fourth-order valence-corrected chi connectivity index (χ4v) is 3.44. The third-order valence-electron chi connectivity index (χ3n) is 4.71. The number of hydrogen-bond acceptors (Lipinski definition) is 6. The maximum atomic E-state index is 5.96. The van der Waals surface area contributed by atoms with Gasteiger partial charge in [-0.2, -0.15) is 10.1 Å². The van der Waals surface area contributed by atoms with Gasteiger partial charge in [0.1, 0.15) is 5.82 Å². The predicted octanol–water partition coefficient (Wildman–Crippen LogP) is 2.11. The van der Waals surface area contributed by atoms with Gasteiger partial charge in [-0.3, -0.25) is 0 Å². The van der Waals surface area contributed by atoms with E-state index in [-0.39, 0.29) is 6.04 Å². The highest BCUT2D eigenvalue weighted by molar-refractivity contribution is 5.53. The summed E-state index contributed by atoms with van der Waals surface area (Å²) in [6, 6.07) is 10.2. The Bertz CT molecular complexity index is 889. The molecule has 3 aromatic rings. The van der Waals surface area contributed by atoms with Crippen LogP contribution >= 0.6 is 0 Å². The number of benzene rings is 1. The molecule has 7 heteroatoms. The fraction of sp³-hybridized carbons (Fsp3) is 0.316. The Balaban J connectivity index is 1.68. The number of hydrogen-bond donors (Lipinski definition) is 3. The van der Waals surface area contributed by atoms with Gasteiger partial charge in [0.05, 0.1) is 17.4 Å². The number of nitrogens with one attached hydrogen (secondary N) is 2. The van der Waals surface area contributed by atoms with Crippen LogP contribution in [0.15, 0.2) is 42.7 Å². The topological polar surface area (TPSA) is 93.7 Å². The first-order valence-corrected chi connectivity index (χ1v) is 8.94. The van der Waals surface area contributed by atoms with Crippen LogP contribution < -0.4 is 16.4 Å². The Kier molecular flexibility index (Phi) is 4.53. The summed E-state index contributed by atoms with van der Waals surface area (Å²) in [6.07, 6.45) is 5.50. The van der Waals surface area contributed by atoms with Crippen LogP contribution in [-0.4, -0.2) is 32.8 Å². The van der Waals surface area contributed by atoms with Crippen LogP contribution in [0.4, 0.5) is 11.8 Å². The number of rotatable bonds is 4. The second kappa shape index (κ2) is 7.13. The molecule has 134 valence electrons. The molecule has 7 nitrogen and oxygen atoms in total. The molecule has 0 saturated heterocycles. The van der Waals surface area contributed by atoms with Crippen molar-refractivity contribution in [3.63, 3.8) is 0 Å². The third-order valence-corrected chi connectivity index (χ3v) is 4.71. The van der Waals surface area contributed by atoms with Crippen molar-refractivity contribution in [2.45, 2.75) is 25.8 Å². The van der Waals surface area contributed by atoms with E-state index < -0.39 is 0 Å². The highest BCUT2D eigenvalue weighted by Crippen LogP contribution is 2.27. The summed E-state index contributed by atoms with van der Waals surface area (Å²) >= 11 is 0. The first-order valence-electron chi connectivity index (χ1n) is 8.94. The molecule has 26 heavy (non-hydrogen) atoms. The van der Waals surface area contributed by atoms with E-state index in [0.29, 0.717) is 5.95 Å². The normalized spacial score (nSPS) is 15.1. The van der Waals surface area contributed by atoms with Crippen LogP contribution in [0.25, 0.3) is 5.69 Å². The maximum Gasteiger partial charge on any atom is 0.222 e. The van der Waals surface area contributed by atoms with Crippen molar-refractivity contribution in [3.05, 3.63) is 59.5 Å². The summed E-state index contributed by atoms with van der Waals surface area (Å²) in [6.45, 7) is 3.97. The largest absolute Gasteiger partial charge is 0.368 e. The van der Waals surface area contributed by atoms with Crippen LogP contribution in [0.2, 0.25) is 0 Å². The molecular formula is C19H23N7. The second-order valence-electron chi connectivity index (χ2n) is 6.48. The summed E-state index contributed by atoms with van der Waals surface area (Å²) in [5.41, 5.74) is 10.4. The van der Waals surface area contributed by atoms with Crippen molar-refractivity contribution >= 4 is 11.8 Å². The Morgan fingerprint density at radius 3 is 2.85 bits per heavy atom. The summed E-state index contributed by atoms with van der Waals surface area (Å²) in [5.74, 6) is 1.15. The van der Waals surface area contributed by atoms with Gasteiger partial charge in [-0.1, -0.05) is 18.2 Å². The van der Waals surface area contributed by atoms with Gasteiger partial charge < -0.3 is 16.4 Å². The molecule has 0 fully saturated rings. The number of anilines is 2. The zero-order valence-electron chi connectivity index (χ0n) is 14.8. The Morgan fingerprint density at radius 2 is 2.00 bits per heavy atom. The van der Waals surface area contributed by atoms with Crippen LogP contribution in [0.5, 0.6) is 0 Å². The van der Waals surface area contributed by atoms with E-state index in [0.717, 1.165) is 54.3 Å². The van der Waals surface area contributed by atoms with Crippen molar-refractivity contribution in [3.8, 4) is 5.69 Å². The van der Waals surface area contributed by atoms with E-state index >= 15 is 0 Å². The molecular weight excluding hydrogens is 326 g/mol. The summed E-state index contributed by atoms with van der Waals surface area (Å²) in [7, 11) is 0. The highest BCUT2D eigenvalue weighted by atomic mass is 15.3. The quantitative estimate of drug-likeness (QED) is 0.668. The second-order valence-corrected chi connectivity index (χ2v) is 6.48. The van der Waals surface area contributed by atoms with Gasteiger partial charge in [0, 0.05) is 30.9 Å². The number of nitrogens with zero attached hydrogens (tertiary/aromatic N) is 4. The molecule has 0 spiro atoms. The molecule has 0 unspecified atom stereocenters. The molecule has 0 amide bonds. The predicted molar refractivity (Wildman–Crippen MR) is 102 cm³/mol. The lowest BCUT2D eigenvalue weighted by molar-refractivity contribution is 0.708. The molecule has 2 aromatic heterocycles. The Labute approximate surface area is 152 Å². The lowest BCUT2D eigenvalue weighted by Gasteiger charge is -2.21. The molecule has 0 bridgehead atoms. The number of aromatic nitrogens is 4. The first kappa shape index (κ1) is 16.5. The Morgan fingerprint density at radius 1 is 1.15 bits per heavy atom. The molecule has 3 heterocycles. The van der Waals surface area contributed by atoms with E-state index in [4.69, 9.17) is 5.73 Å². The fourth-order valence-electron chi connectivity index (χ4n) is 3.44. The van der Waals surface area contributed by atoms with Crippen molar-refractivity contribution < 1.29 is 0 Å². The number of nitrogens with two attached hydrogens (primary N) is 1. The average Bonchev–Trinajstić information content (AvgIpc) is 3.07. The molecule has 1 aromatic carbocycles. The minimum Gasteiger partial charge on any atom is -0.368 e. The third kappa shape index (κ3) is 3.25. The number of fused-ring (bicyclic) bond motifs is 1. The van der Waals surface area contributed by atoms with Gasteiger partial charge in [-0.25, -0.2) is 9.67 Å². The first-order chi connectivity index (χ1) is 12.7. The van der Waals surface area contributed by atoms with Crippen LogP contribution in [0.3, 0.4) is 0 Å². The van der Waals surface area contributed by atoms with Crippen LogP contribution in [-0.2, 0) is 12.8 Å². The van der Waals surface area contributed by atoms with Gasteiger partial charge in [0.15, 0.2) is 0 Å². The van der Waals surface area contributed by atoms with E-state index in [1.165, 1.54) is 0 Å². The van der Waals surface area contributed by atoms with E-state index in [2.05, 4.69) is 44.8 Å². The smallest absolute Gasteiger partial charge is 0.222 e. The van der Waals surface area contributed by atoms with Gasteiger partial charge in [-0.05, 0) is 37.6 Å². The van der Waals surface area contributed by atoms with Gasteiger partial charge in [0.25, 0.3) is 0 Å². The number of para-hydroxylation sites is 1. The zero-order valence-corrected chi connectivity index (χ0v) is 14.8. The average molecular weight is 349 g/mol. The molecule has 1 aliphatic rings.